The number of anilines is 1. The first-order valence-electron chi connectivity index (χ1n) is 13.4. The number of hydrogen-bond acceptors (Lipinski definition) is 3. The Morgan fingerprint density at radius 2 is 1.57 bits per heavy atom. The van der Waals surface area contributed by atoms with Gasteiger partial charge in [0.1, 0.15) is 0 Å². The van der Waals surface area contributed by atoms with E-state index in [0.717, 1.165) is 17.7 Å². The predicted molar refractivity (Wildman–Crippen MR) is 158 cm³/mol. The van der Waals surface area contributed by atoms with Gasteiger partial charge in [-0.1, -0.05) is 0 Å². The molecule has 7 heteroatoms. The molecule has 2 atom stereocenters. The maximum atomic E-state index is 13.9. The molecule has 2 aliphatic heterocycles. The number of ether oxygens (including phenoxy) is 1. The van der Waals surface area contributed by atoms with Gasteiger partial charge in [-0.3, -0.25) is 0 Å². The number of rotatable bonds is 4. The molecule has 4 aromatic rings. The molecule has 3 aliphatic rings. The molecule has 1 fully saturated rings. The van der Waals surface area contributed by atoms with E-state index in [0.29, 0.717) is 11.6 Å². The maximum absolute atomic E-state index is 13.9. The summed E-state index contributed by atoms with van der Waals surface area (Å²) in [5.41, 5.74) is 6.60. The number of nitrogens with zero attached hydrogens (tertiary/aromatic N) is 2. The van der Waals surface area contributed by atoms with Crippen molar-refractivity contribution < 1.29 is 14.3 Å². The normalized spacial score (nSPS) is 20.6. The molecule has 4 aromatic carbocycles. The minimum absolute atomic E-state index is 0.0271. The number of benzene rings is 4. The van der Waals surface area contributed by atoms with Crippen LogP contribution in [0.3, 0.4) is 0 Å². The third-order valence-corrected chi connectivity index (χ3v) is 11.7. The van der Waals surface area contributed by atoms with E-state index in [-0.39, 0.29) is 39.5 Å². The van der Waals surface area contributed by atoms with Gasteiger partial charge in [-0.05, 0) is 0 Å². The van der Waals surface area contributed by atoms with Gasteiger partial charge >= 0.3 is 246 Å². The predicted octanol–water partition coefficient (Wildman–Crippen LogP) is 5.91. The zero-order valence-electron chi connectivity index (χ0n) is 21.9. The van der Waals surface area contributed by atoms with Crippen LogP contribution in [0.2, 0.25) is 5.02 Å². The van der Waals surface area contributed by atoms with Crippen molar-refractivity contribution in [3.8, 4) is 11.1 Å². The van der Waals surface area contributed by atoms with Crippen LogP contribution in [0.15, 0.2) is 97.1 Å². The molecule has 0 saturated carbocycles. The van der Waals surface area contributed by atoms with Gasteiger partial charge in [-0.25, -0.2) is 0 Å². The van der Waals surface area contributed by atoms with E-state index in [1.165, 1.54) is 26.7 Å². The average Bonchev–Trinajstić information content (AvgIpc) is 3.57. The molecule has 0 bridgehead atoms. The monoisotopic (exact) mass is 614 g/mol. The van der Waals surface area contributed by atoms with Gasteiger partial charge in [0.05, 0.1) is 0 Å². The van der Waals surface area contributed by atoms with E-state index < -0.39 is 10.5 Å². The van der Waals surface area contributed by atoms with Crippen LogP contribution in [-0.2, 0) is 13.8 Å². The van der Waals surface area contributed by atoms with Crippen LogP contribution in [-0.4, -0.2) is 51.2 Å². The van der Waals surface area contributed by atoms with E-state index in [4.69, 9.17) is 16.3 Å². The molecule has 5 nitrogen and oxygen atoms in total. The summed E-state index contributed by atoms with van der Waals surface area (Å²) in [6.07, 6.45) is -0.105. The Balaban J connectivity index is 1.22. The third kappa shape index (κ3) is 3.89. The molecule has 0 aromatic heterocycles. The summed E-state index contributed by atoms with van der Waals surface area (Å²) in [6.45, 7) is 2.32. The fourth-order valence-electron chi connectivity index (χ4n) is 6.67. The van der Waals surface area contributed by atoms with E-state index in [2.05, 4.69) is 36.4 Å². The Labute approximate surface area is 244 Å². The summed E-state index contributed by atoms with van der Waals surface area (Å²) >= 11 is 6.37. The summed E-state index contributed by atoms with van der Waals surface area (Å²) in [5, 5.41) is 0.569. The second kappa shape index (κ2) is 9.81. The Hall–Kier alpha value is -3.57. The summed E-state index contributed by atoms with van der Waals surface area (Å²) in [6, 6.07) is 32.8. The van der Waals surface area contributed by atoms with Crippen molar-refractivity contribution in [1.29, 1.82) is 0 Å². The molecule has 40 heavy (non-hydrogen) atoms. The second-order valence-corrected chi connectivity index (χ2v) is 13.9. The standard InChI is InChI=1S/C33H27ClN2O3Se/c1-21(37)36-30-19-22(34)15-16-29(30)33(40-23-9-3-2-4-10-23)17-18-35(31(33)36)32(38)39-20-28-26-13-7-5-11-24(26)25-12-6-8-14-27(25)28/h2-16,19,28,31H,17-18,20H2,1H3. The quantitative estimate of drug-likeness (QED) is 0.269. The SMILES string of the molecule is CC(=O)N1c2cc(Cl)ccc2C2([Se]c3ccccc3)CCN(C(=O)OCC3c4ccccc4-c4ccccc43)C12. The van der Waals surface area contributed by atoms with Crippen LogP contribution < -0.4 is 9.36 Å². The molecule has 1 aliphatic carbocycles. The van der Waals surface area contributed by atoms with Gasteiger partial charge in [0.25, 0.3) is 0 Å². The van der Waals surface area contributed by atoms with Crippen LogP contribution in [0, 0.1) is 0 Å². The Bertz CT molecular complexity index is 1600. The van der Waals surface area contributed by atoms with Gasteiger partial charge < -0.3 is 0 Å². The molecule has 0 radical (unpaired) electrons. The van der Waals surface area contributed by atoms with E-state index in [1.807, 2.05) is 60.7 Å². The summed E-state index contributed by atoms with van der Waals surface area (Å²) in [4.78, 5) is 30.6. The number of halogens is 1. The second-order valence-electron chi connectivity index (χ2n) is 10.5. The van der Waals surface area contributed by atoms with Crippen LogP contribution in [0.25, 0.3) is 11.1 Å². The van der Waals surface area contributed by atoms with Gasteiger partial charge in [0, 0.05) is 0 Å². The zero-order valence-corrected chi connectivity index (χ0v) is 24.4. The number of carbonyl (C=O) groups excluding carboxylic acids is 2. The average molecular weight is 614 g/mol. The molecule has 0 spiro atoms. The summed E-state index contributed by atoms with van der Waals surface area (Å²) < 4.78 is 6.93. The minimum atomic E-state index is -0.464. The van der Waals surface area contributed by atoms with Crippen molar-refractivity contribution in [2.45, 2.75) is 29.7 Å². The van der Waals surface area contributed by atoms with Crippen LogP contribution in [0.5, 0.6) is 0 Å². The Morgan fingerprint density at radius 3 is 2.25 bits per heavy atom. The topological polar surface area (TPSA) is 49.9 Å². The van der Waals surface area contributed by atoms with Crippen LogP contribution in [0.1, 0.15) is 36.0 Å². The van der Waals surface area contributed by atoms with Crippen molar-refractivity contribution in [3.63, 3.8) is 0 Å². The molecule has 0 N–H and O–H groups in total. The van der Waals surface area contributed by atoms with Gasteiger partial charge in [0.15, 0.2) is 0 Å². The molecule has 200 valence electrons. The Morgan fingerprint density at radius 1 is 0.925 bits per heavy atom. The first-order valence-corrected chi connectivity index (χ1v) is 15.5. The summed E-state index contributed by atoms with van der Waals surface area (Å²) in [5.74, 6) is -0.140. The van der Waals surface area contributed by atoms with E-state index in [1.54, 1.807) is 16.7 Å². The molecular weight excluding hydrogens is 587 g/mol. The molecule has 7 rings (SSSR count). The number of likely N-dealkylation sites (tertiary alicyclic amines) is 1. The first kappa shape index (κ1) is 25.4. The molecule has 2 unspecified atom stereocenters. The first-order chi connectivity index (χ1) is 19.5. The molecule has 2 amide bonds. The Kier molecular flexibility index (Phi) is 6.23. The molecule has 1 saturated heterocycles. The van der Waals surface area contributed by atoms with Crippen molar-refractivity contribution in [3.05, 3.63) is 119 Å². The van der Waals surface area contributed by atoms with Gasteiger partial charge in [0.2, 0.25) is 0 Å². The summed E-state index contributed by atoms with van der Waals surface area (Å²) in [7, 11) is 0. The van der Waals surface area contributed by atoms with E-state index >= 15 is 0 Å². The molecular formula is C33H27ClN2O3Se. The number of hydrogen-bond donors (Lipinski definition) is 0. The number of fused-ring (bicyclic) bond motifs is 6. The van der Waals surface area contributed by atoms with Crippen molar-refractivity contribution in [2.24, 2.45) is 0 Å². The van der Waals surface area contributed by atoms with Crippen LogP contribution >= 0.6 is 11.6 Å². The fourth-order valence-corrected chi connectivity index (χ4v) is 10.0. The van der Waals surface area contributed by atoms with Gasteiger partial charge in [-0.2, -0.15) is 0 Å². The van der Waals surface area contributed by atoms with Gasteiger partial charge in [-0.15, -0.1) is 0 Å². The van der Waals surface area contributed by atoms with Crippen molar-refractivity contribution in [1.82, 2.24) is 4.90 Å². The van der Waals surface area contributed by atoms with Crippen molar-refractivity contribution >= 4 is 48.7 Å². The third-order valence-electron chi connectivity index (χ3n) is 8.31. The van der Waals surface area contributed by atoms with E-state index in [9.17, 15) is 9.59 Å². The number of amides is 2. The van der Waals surface area contributed by atoms with Crippen LogP contribution in [0.4, 0.5) is 10.5 Å². The molecule has 2 heterocycles. The zero-order chi connectivity index (χ0) is 27.4. The number of carbonyl (C=O) groups is 2. The fraction of sp³-hybridized carbons (Fsp3) is 0.212. The van der Waals surface area contributed by atoms with Crippen molar-refractivity contribution in [2.75, 3.05) is 18.1 Å².